The molecule has 11 heteroatoms. The average molecular weight is 438 g/mol. The number of carboxylic acid groups (broad SMARTS) is 1. The molecule has 4 rings (SSSR count). The highest BCUT2D eigenvalue weighted by Crippen LogP contribution is 2.25. The fourth-order valence-corrected chi connectivity index (χ4v) is 3.35. The lowest BCUT2D eigenvalue weighted by Crippen LogP contribution is -2.45. The van der Waals surface area contributed by atoms with Gasteiger partial charge in [-0.05, 0) is 19.2 Å². The second-order valence-electron chi connectivity index (χ2n) is 6.83. The Balaban J connectivity index is 0.00000256. The minimum atomic E-state index is -1.50. The van der Waals surface area contributed by atoms with E-state index in [1.165, 1.54) is 12.3 Å². The number of aromatic carboxylic acids is 1. The number of pyridine rings is 3. The van der Waals surface area contributed by atoms with Crippen molar-refractivity contribution in [2.45, 2.75) is 0 Å². The summed E-state index contributed by atoms with van der Waals surface area (Å²) in [6, 6.07) is 2.30. The van der Waals surface area contributed by atoms with Gasteiger partial charge in [-0.15, -0.1) is 12.4 Å². The smallest absolute Gasteiger partial charge is 0.341 e. The summed E-state index contributed by atoms with van der Waals surface area (Å²) in [6.07, 6.45) is 3.29. The van der Waals surface area contributed by atoms with Crippen LogP contribution in [0.2, 0.25) is 0 Å². The molecule has 0 radical (unpaired) electrons. The third-order valence-corrected chi connectivity index (χ3v) is 4.96. The molecule has 0 bridgehead atoms. The van der Waals surface area contributed by atoms with Crippen LogP contribution in [0.1, 0.15) is 10.4 Å². The third-order valence-electron chi connectivity index (χ3n) is 4.96. The summed E-state index contributed by atoms with van der Waals surface area (Å²) in [5.74, 6) is -2.93. The maximum atomic E-state index is 14.8. The molecule has 0 spiro atoms. The van der Waals surface area contributed by atoms with E-state index in [0.29, 0.717) is 26.2 Å². The van der Waals surface area contributed by atoms with Crippen LogP contribution in [0.15, 0.2) is 35.5 Å². The maximum Gasteiger partial charge on any atom is 0.341 e. The van der Waals surface area contributed by atoms with Crippen molar-refractivity contribution in [3.05, 3.63) is 58.1 Å². The zero-order chi connectivity index (χ0) is 20.7. The van der Waals surface area contributed by atoms with E-state index in [2.05, 4.69) is 14.9 Å². The Labute approximate surface area is 175 Å². The Bertz CT molecular complexity index is 1180. The minimum Gasteiger partial charge on any atom is -0.477 e. The summed E-state index contributed by atoms with van der Waals surface area (Å²) in [5, 5.41) is 9.13. The molecular weight excluding hydrogens is 420 g/mol. The fourth-order valence-electron chi connectivity index (χ4n) is 3.35. The molecule has 1 aliphatic rings. The molecule has 0 aromatic carbocycles. The number of halogens is 3. The van der Waals surface area contributed by atoms with E-state index >= 15 is 0 Å². The van der Waals surface area contributed by atoms with E-state index in [4.69, 9.17) is 0 Å². The SMILES string of the molecule is CN1CCN(c2nc3c(cc2F)c(=O)c(C(=O)O)cn3-c2ccncc2F)CC1.Cl. The minimum absolute atomic E-state index is 0. The van der Waals surface area contributed by atoms with Crippen molar-refractivity contribution in [2.75, 3.05) is 38.1 Å². The van der Waals surface area contributed by atoms with Gasteiger partial charge in [0.2, 0.25) is 5.43 Å². The van der Waals surface area contributed by atoms with Crippen molar-refractivity contribution in [3.63, 3.8) is 0 Å². The number of piperazine rings is 1. The zero-order valence-electron chi connectivity index (χ0n) is 15.9. The zero-order valence-corrected chi connectivity index (χ0v) is 16.7. The molecule has 4 heterocycles. The lowest BCUT2D eigenvalue weighted by atomic mass is 10.1. The van der Waals surface area contributed by atoms with Gasteiger partial charge in [0, 0.05) is 38.6 Å². The molecule has 3 aromatic heterocycles. The van der Waals surface area contributed by atoms with Crippen molar-refractivity contribution in [1.29, 1.82) is 0 Å². The van der Waals surface area contributed by atoms with Crippen LogP contribution >= 0.6 is 12.4 Å². The van der Waals surface area contributed by atoms with E-state index in [9.17, 15) is 23.5 Å². The van der Waals surface area contributed by atoms with E-state index in [-0.39, 0.29) is 34.9 Å². The topological polar surface area (TPSA) is 91.6 Å². The average Bonchev–Trinajstić information content (AvgIpc) is 2.69. The van der Waals surface area contributed by atoms with Gasteiger partial charge in [-0.25, -0.2) is 18.6 Å². The number of hydrogen-bond acceptors (Lipinski definition) is 6. The first-order chi connectivity index (χ1) is 13.9. The highest BCUT2D eigenvalue weighted by molar-refractivity contribution is 5.92. The van der Waals surface area contributed by atoms with E-state index in [1.54, 1.807) is 4.90 Å². The fraction of sp³-hybridized carbons (Fsp3) is 0.263. The molecule has 0 atom stereocenters. The second-order valence-corrected chi connectivity index (χ2v) is 6.83. The Morgan fingerprint density at radius 1 is 1.17 bits per heavy atom. The van der Waals surface area contributed by atoms with Gasteiger partial charge >= 0.3 is 5.97 Å². The predicted octanol–water partition coefficient (Wildman–Crippen LogP) is 1.93. The highest BCUT2D eigenvalue weighted by Gasteiger charge is 2.23. The normalized spacial score (nSPS) is 14.6. The van der Waals surface area contributed by atoms with E-state index < -0.39 is 28.6 Å². The monoisotopic (exact) mass is 437 g/mol. The molecule has 1 saturated heterocycles. The van der Waals surface area contributed by atoms with Gasteiger partial charge < -0.3 is 14.9 Å². The number of nitrogens with zero attached hydrogens (tertiary/aromatic N) is 5. The quantitative estimate of drug-likeness (QED) is 0.669. The summed E-state index contributed by atoms with van der Waals surface area (Å²) in [7, 11) is 1.96. The maximum absolute atomic E-state index is 14.8. The summed E-state index contributed by atoms with van der Waals surface area (Å²) in [5.41, 5.74) is -1.56. The predicted molar refractivity (Wildman–Crippen MR) is 109 cm³/mol. The Hall–Kier alpha value is -3.11. The Morgan fingerprint density at radius 2 is 1.87 bits per heavy atom. The summed E-state index contributed by atoms with van der Waals surface area (Å²) < 4.78 is 30.4. The van der Waals surface area contributed by atoms with Crippen LogP contribution < -0.4 is 10.3 Å². The molecule has 30 heavy (non-hydrogen) atoms. The lowest BCUT2D eigenvalue weighted by molar-refractivity contribution is 0.0695. The Morgan fingerprint density at radius 3 is 2.50 bits per heavy atom. The number of fused-ring (bicyclic) bond motifs is 1. The number of hydrogen-bond donors (Lipinski definition) is 1. The van der Waals surface area contributed by atoms with Gasteiger partial charge in [0.05, 0.1) is 17.3 Å². The molecule has 158 valence electrons. The number of anilines is 1. The van der Waals surface area contributed by atoms with Gasteiger partial charge in [0.25, 0.3) is 0 Å². The molecule has 1 aliphatic heterocycles. The molecule has 0 aliphatic carbocycles. The first-order valence-electron chi connectivity index (χ1n) is 8.89. The van der Waals surface area contributed by atoms with Gasteiger partial charge in [-0.2, -0.15) is 0 Å². The van der Waals surface area contributed by atoms with Crippen molar-refractivity contribution < 1.29 is 18.7 Å². The number of carboxylic acids is 1. The Kier molecular flexibility index (Phi) is 5.99. The molecule has 3 aromatic rings. The summed E-state index contributed by atoms with van der Waals surface area (Å²) in [4.78, 5) is 35.9. The van der Waals surface area contributed by atoms with Gasteiger partial charge in [0.15, 0.2) is 23.1 Å². The molecule has 0 unspecified atom stereocenters. The largest absolute Gasteiger partial charge is 0.477 e. The summed E-state index contributed by atoms with van der Waals surface area (Å²) in [6.45, 7) is 2.49. The van der Waals surface area contributed by atoms with Crippen molar-refractivity contribution in [1.82, 2.24) is 19.4 Å². The third kappa shape index (κ3) is 3.71. The molecule has 0 amide bonds. The van der Waals surface area contributed by atoms with E-state index in [1.807, 2.05) is 7.05 Å². The number of rotatable bonds is 3. The van der Waals surface area contributed by atoms with Crippen molar-refractivity contribution in [3.8, 4) is 5.69 Å². The highest BCUT2D eigenvalue weighted by atomic mass is 35.5. The van der Waals surface area contributed by atoms with Crippen molar-refractivity contribution >= 4 is 35.2 Å². The second kappa shape index (κ2) is 8.33. The van der Waals surface area contributed by atoms with Crippen LogP contribution in [0.4, 0.5) is 14.6 Å². The standard InChI is InChI=1S/C19H17F2N5O3.ClH/c1-24-4-6-25(7-5-24)18-13(20)8-11-16(27)12(19(28)29)10-26(17(11)23-18)15-2-3-22-9-14(15)21;/h2-3,8-10H,4-7H2,1H3,(H,28,29);1H. The number of likely N-dealkylation sites (N-methyl/N-ethyl adjacent to an activating group) is 1. The van der Waals surface area contributed by atoms with Crippen LogP contribution in [-0.4, -0.2) is 63.7 Å². The van der Waals surface area contributed by atoms with Gasteiger partial charge in [-0.3, -0.25) is 14.3 Å². The molecular formula is C19H18ClF2N5O3. The van der Waals surface area contributed by atoms with Crippen LogP contribution in [0.3, 0.4) is 0 Å². The van der Waals surface area contributed by atoms with Gasteiger partial charge in [-0.1, -0.05) is 0 Å². The molecule has 1 fully saturated rings. The first kappa shape index (κ1) is 21.6. The van der Waals surface area contributed by atoms with Crippen molar-refractivity contribution in [2.24, 2.45) is 0 Å². The van der Waals surface area contributed by atoms with Crippen LogP contribution in [-0.2, 0) is 0 Å². The van der Waals surface area contributed by atoms with Crippen LogP contribution in [0, 0.1) is 11.6 Å². The molecule has 1 N–H and O–H groups in total. The van der Waals surface area contributed by atoms with E-state index in [0.717, 1.165) is 23.0 Å². The van der Waals surface area contributed by atoms with Gasteiger partial charge in [0.1, 0.15) is 5.56 Å². The lowest BCUT2D eigenvalue weighted by Gasteiger charge is -2.33. The number of aromatic nitrogens is 3. The molecule has 8 nitrogen and oxygen atoms in total. The first-order valence-corrected chi connectivity index (χ1v) is 8.89. The summed E-state index contributed by atoms with van der Waals surface area (Å²) >= 11 is 0. The molecule has 0 saturated carbocycles. The number of carbonyl (C=O) groups is 1. The van der Waals surface area contributed by atoms with Crippen LogP contribution in [0.25, 0.3) is 16.7 Å². The van der Waals surface area contributed by atoms with Crippen LogP contribution in [0.5, 0.6) is 0 Å².